The van der Waals surface area contributed by atoms with Crippen molar-refractivity contribution < 1.29 is 19.1 Å². The summed E-state index contributed by atoms with van der Waals surface area (Å²) in [4.78, 5) is 26.9. The summed E-state index contributed by atoms with van der Waals surface area (Å²) in [5.41, 5.74) is -1.51. The van der Waals surface area contributed by atoms with E-state index in [1.165, 1.54) is 38.5 Å². The van der Waals surface area contributed by atoms with Crippen LogP contribution in [0, 0.1) is 46.3 Å². The first-order valence-electron chi connectivity index (χ1n) is 14.4. The molecule has 8 rings (SSSR count). The average molecular weight is 471 g/mol. The van der Waals surface area contributed by atoms with E-state index in [9.17, 15) is 9.59 Å². The lowest BCUT2D eigenvalue weighted by atomic mass is 9.49. The van der Waals surface area contributed by atoms with Crippen LogP contribution < -0.4 is 0 Å². The maximum atomic E-state index is 13.5. The first kappa shape index (κ1) is 23.3. The van der Waals surface area contributed by atoms with Crippen LogP contribution in [0.15, 0.2) is 0 Å². The highest BCUT2D eigenvalue weighted by Gasteiger charge is 2.57. The lowest BCUT2D eigenvalue weighted by Crippen LogP contribution is -2.52. The zero-order valence-electron chi connectivity index (χ0n) is 22.0. The van der Waals surface area contributed by atoms with Crippen LogP contribution in [0.25, 0.3) is 0 Å². The van der Waals surface area contributed by atoms with Gasteiger partial charge in [-0.2, -0.15) is 0 Å². The van der Waals surface area contributed by atoms with Gasteiger partial charge in [0.15, 0.2) is 0 Å². The molecule has 0 heterocycles. The Morgan fingerprint density at radius 2 is 0.794 bits per heavy atom. The number of carbonyl (C=O) groups is 2. The molecule has 34 heavy (non-hydrogen) atoms. The zero-order chi connectivity index (χ0) is 23.9. The highest BCUT2D eigenvalue weighted by molar-refractivity contribution is 5.78. The minimum absolute atomic E-state index is 0.0555. The lowest BCUT2D eigenvalue weighted by Gasteiger charge is -2.55. The van der Waals surface area contributed by atoms with Crippen molar-refractivity contribution >= 4 is 11.9 Å². The number of carbonyl (C=O) groups excluding carboxylic acids is 2. The van der Waals surface area contributed by atoms with Gasteiger partial charge in [0.2, 0.25) is 0 Å². The Morgan fingerprint density at radius 3 is 1.03 bits per heavy atom. The molecule has 8 fully saturated rings. The van der Waals surface area contributed by atoms with Gasteiger partial charge in [0.1, 0.15) is 11.2 Å². The van der Waals surface area contributed by atoms with Gasteiger partial charge in [0.05, 0.1) is 10.8 Å². The zero-order valence-corrected chi connectivity index (χ0v) is 22.0. The lowest BCUT2D eigenvalue weighted by molar-refractivity contribution is -0.191. The highest BCUT2D eigenvalue weighted by Crippen LogP contribution is 2.62. The Kier molecular flexibility index (Phi) is 5.30. The van der Waals surface area contributed by atoms with E-state index in [1.54, 1.807) is 0 Å². The molecule has 0 aliphatic heterocycles. The van der Waals surface area contributed by atoms with Crippen molar-refractivity contribution in [3.8, 4) is 0 Å². The Labute approximate surface area is 206 Å². The fraction of sp³-hybridized carbons (Fsp3) is 0.933. The predicted octanol–water partition coefficient (Wildman–Crippen LogP) is 6.84. The molecule has 0 aromatic carbocycles. The Morgan fingerprint density at radius 1 is 0.559 bits per heavy atom. The molecule has 0 N–H and O–H groups in total. The van der Waals surface area contributed by atoms with Crippen LogP contribution in [0.4, 0.5) is 0 Å². The summed E-state index contributed by atoms with van der Waals surface area (Å²) in [7, 11) is 0. The molecule has 0 atom stereocenters. The maximum absolute atomic E-state index is 13.5. The van der Waals surface area contributed by atoms with E-state index in [0.29, 0.717) is 12.8 Å². The minimum Gasteiger partial charge on any atom is -0.459 e. The third-order valence-corrected chi connectivity index (χ3v) is 11.0. The van der Waals surface area contributed by atoms with E-state index in [-0.39, 0.29) is 22.8 Å². The first-order chi connectivity index (χ1) is 15.9. The SMILES string of the molecule is CC(C)(CCC(C)(C)OC(=O)C12CC3CC(CC(C3)C1)C2)OC(=O)C12CC3CC(CC(C3)C1)C2. The summed E-state index contributed by atoms with van der Waals surface area (Å²) < 4.78 is 12.5. The van der Waals surface area contributed by atoms with E-state index < -0.39 is 11.2 Å². The van der Waals surface area contributed by atoms with Gasteiger partial charge in [-0.3, -0.25) is 9.59 Å². The second-order valence-electron chi connectivity index (χ2n) is 15.2. The van der Waals surface area contributed by atoms with Gasteiger partial charge in [-0.1, -0.05) is 0 Å². The molecule has 8 saturated carbocycles. The van der Waals surface area contributed by atoms with Crippen molar-refractivity contribution in [3.63, 3.8) is 0 Å². The molecule has 0 aromatic heterocycles. The van der Waals surface area contributed by atoms with E-state index in [1.807, 2.05) is 27.7 Å². The fourth-order valence-electron chi connectivity index (χ4n) is 10.1. The summed E-state index contributed by atoms with van der Waals surface area (Å²) in [6.07, 6.45) is 15.7. The van der Waals surface area contributed by atoms with Crippen molar-refractivity contribution in [2.75, 3.05) is 0 Å². The molecule has 0 unspecified atom stereocenters. The molecule has 4 nitrogen and oxygen atoms in total. The number of hydrogen-bond acceptors (Lipinski definition) is 4. The molecule has 4 heteroatoms. The number of esters is 2. The van der Waals surface area contributed by atoms with Crippen molar-refractivity contribution in [3.05, 3.63) is 0 Å². The second kappa shape index (κ2) is 7.72. The Balaban J connectivity index is 1.05. The number of hydrogen-bond donors (Lipinski definition) is 0. The van der Waals surface area contributed by atoms with Crippen molar-refractivity contribution in [1.29, 1.82) is 0 Å². The number of rotatable bonds is 7. The minimum atomic E-state index is -0.537. The van der Waals surface area contributed by atoms with Crippen molar-refractivity contribution in [2.45, 2.75) is 129 Å². The summed E-state index contributed by atoms with van der Waals surface area (Å²) in [6, 6.07) is 0. The molecule has 0 aromatic rings. The highest BCUT2D eigenvalue weighted by atomic mass is 16.6. The van der Waals surface area contributed by atoms with Gasteiger partial charge in [-0.15, -0.1) is 0 Å². The van der Waals surface area contributed by atoms with Crippen LogP contribution in [0.5, 0.6) is 0 Å². The monoisotopic (exact) mass is 470 g/mol. The standard InChI is InChI=1S/C30H46O4/c1-27(2,33-25(31)29-13-19-7-20(14-29)9-21(8-19)15-29)5-6-28(3,4)34-26(32)30-16-22-10-23(17-30)12-24(11-22)18-30/h19-24H,5-18H2,1-4H3. The predicted molar refractivity (Wildman–Crippen MR) is 131 cm³/mol. The van der Waals surface area contributed by atoms with Gasteiger partial charge in [0, 0.05) is 0 Å². The summed E-state index contributed by atoms with van der Waals surface area (Å²) >= 11 is 0. The summed E-state index contributed by atoms with van der Waals surface area (Å²) in [5.74, 6) is 4.55. The third kappa shape index (κ3) is 4.13. The van der Waals surface area contributed by atoms with Crippen molar-refractivity contribution in [1.82, 2.24) is 0 Å². The molecular weight excluding hydrogens is 424 g/mol. The van der Waals surface area contributed by atoms with E-state index in [4.69, 9.17) is 9.47 Å². The topological polar surface area (TPSA) is 52.6 Å². The molecule has 190 valence electrons. The average Bonchev–Trinajstić information content (AvgIpc) is 2.70. The smallest absolute Gasteiger partial charge is 0.312 e. The second-order valence-corrected chi connectivity index (χ2v) is 15.2. The van der Waals surface area contributed by atoms with Crippen LogP contribution in [0.1, 0.15) is 118 Å². The quantitative estimate of drug-likeness (QED) is 0.382. The molecule has 0 saturated heterocycles. The molecule has 0 radical (unpaired) electrons. The summed E-state index contributed by atoms with van der Waals surface area (Å²) in [6.45, 7) is 8.18. The van der Waals surface area contributed by atoms with Crippen molar-refractivity contribution in [2.24, 2.45) is 46.3 Å². The fourth-order valence-corrected chi connectivity index (χ4v) is 10.1. The number of ether oxygens (including phenoxy) is 2. The van der Waals surface area contributed by atoms with Gasteiger partial charge in [-0.05, 0) is 153 Å². The molecule has 0 spiro atoms. The molecule has 8 aliphatic carbocycles. The molecule has 0 amide bonds. The van der Waals surface area contributed by atoms with Crippen LogP contribution in [0.3, 0.4) is 0 Å². The maximum Gasteiger partial charge on any atom is 0.312 e. The van der Waals surface area contributed by atoms with Crippen LogP contribution in [0.2, 0.25) is 0 Å². The summed E-state index contributed by atoms with van der Waals surface area (Å²) in [5, 5.41) is 0. The third-order valence-electron chi connectivity index (χ3n) is 11.0. The largest absolute Gasteiger partial charge is 0.459 e. The van der Waals surface area contributed by atoms with Crippen LogP contribution in [-0.2, 0) is 19.1 Å². The van der Waals surface area contributed by atoms with E-state index in [2.05, 4.69) is 0 Å². The van der Waals surface area contributed by atoms with Crippen LogP contribution >= 0.6 is 0 Å². The van der Waals surface area contributed by atoms with Gasteiger partial charge in [-0.25, -0.2) is 0 Å². The Bertz CT molecular complexity index is 711. The van der Waals surface area contributed by atoms with E-state index in [0.717, 1.165) is 74.0 Å². The normalized spacial score (nSPS) is 44.4. The van der Waals surface area contributed by atoms with Gasteiger partial charge in [0.25, 0.3) is 0 Å². The molecule has 8 bridgehead atoms. The van der Waals surface area contributed by atoms with Gasteiger partial charge < -0.3 is 9.47 Å². The molecule has 8 aliphatic rings. The molecular formula is C30H46O4. The van der Waals surface area contributed by atoms with E-state index >= 15 is 0 Å². The van der Waals surface area contributed by atoms with Crippen LogP contribution in [-0.4, -0.2) is 23.1 Å². The Hall–Kier alpha value is -1.06. The first-order valence-corrected chi connectivity index (χ1v) is 14.4. The van der Waals surface area contributed by atoms with Gasteiger partial charge >= 0.3 is 11.9 Å².